The third-order valence-corrected chi connectivity index (χ3v) is 1.97. The van der Waals surface area contributed by atoms with E-state index >= 15 is 0 Å². The highest BCUT2D eigenvalue weighted by molar-refractivity contribution is 5.94. The lowest BCUT2D eigenvalue weighted by molar-refractivity contribution is -0.184. The van der Waals surface area contributed by atoms with E-state index in [1.165, 1.54) is 6.07 Å². The number of nitrogens with one attached hydrogen (secondary N) is 1. The molecule has 0 unspecified atom stereocenters. The van der Waals surface area contributed by atoms with Crippen molar-refractivity contribution < 1.29 is 22.8 Å². The van der Waals surface area contributed by atoms with Crippen molar-refractivity contribution in [2.45, 2.75) is 26.4 Å². The van der Waals surface area contributed by atoms with Crippen LogP contribution in [-0.2, 0) is 11.3 Å². The van der Waals surface area contributed by atoms with Crippen LogP contribution in [0.5, 0.6) is 0 Å². The zero-order valence-electron chi connectivity index (χ0n) is 9.84. The van der Waals surface area contributed by atoms with Crippen LogP contribution in [-0.4, -0.2) is 28.9 Å². The van der Waals surface area contributed by atoms with Crippen LogP contribution in [0.1, 0.15) is 28.7 Å². The maximum atomic E-state index is 11.8. The lowest BCUT2D eigenvalue weighted by atomic mass is 10.1. The molecule has 8 heteroatoms. The van der Waals surface area contributed by atoms with E-state index in [4.69, 9.17) is 0 Å². The van der Waals surface area contributed by atoms with Gasteiger partial charge >= 0.3 is 6.18 Å². The van der Waals surface area contributed by atoms with Crippen LogP contribution < -0.4 is 5.48 Å². The van der Waals surface area contributed by atoms with E-state index in [1.54, 1.807) is 19.3 Å². The van der Waals surface area contributed by atoms with Crippen LogP contribution in [0.15, 0.2) is 6.07 Å². The van der Waals surface area contributed by atoms with Crippen molar-refractivity contribution in [3.8, 4) is 0 Å². The molecule has 1 N–H and O–H groups in total. The van der Waals surface area contributed by atoms with Gasteiger partial charge in [0.1, 0.15) is 0 Å². The van der Waals surface area contributed by atoms with Crippen molar-refractivity contribution in [3.63, 3.8) is 0 Å². The Labute approximate surface area is 101 Å². The minimum Gasteiger partial charge on any atom is -0.267 e. The van der Waals surface area contributed by atoms with Gasteiger partial charge < -0.3 is 0 Å². The van der Waals surface area contributed by atoms with Crippen molar-refractivity contribution in [2.24, 2.45) is 0 Å². The molecular formula is C10H12F3N3O2. The zero-order chi connectivity index (χ0) is 13.8. The Morgan fingerprint density at radius 2 is 2.11 bits per heavy atom. The Bertz CT molecular complexity index is 435. The topological polar surface area (TPSA) is 64.1 Å². The predicted molar refractivity (Wildman–Crippen MR) is 55.6 cm³/mol. The zero-order valence-corrected chi connectivity index (χ0v) is 9.84. The van der Waals surface area contributed by atoms with Gasteiger partial charge in [-0.2, -0.15) is 23.4 Å². The molecule has 0 atom stereocenters. The minimum atomic E-state index is -4.49. The van der Waals surface area contributed by atoms with Gasteiger partial charge in [0, 0.05) is 0 Å². The summed E-state index contributed by atoms with van der Waals surface area (Å²) in [5.41, 5.74) is 2.78. The van der Waals surface area contributed by atoms with Crippen molar-refractivity contribution >= 4 is 5.91 Å². The lowest BCUT2D eigenvalue weighted by Crippen LogP contribution is -2.30. The highest BCUT2D eigenvalue weighted by atomic mass is 19.4. The van der Waals surface area contributed by atoms with Gasteiger partial charge in [-0.05, 0) is 19.4 Å². The average Bonchev–Trinajstić information content (AvgIpc) is 2.27. The van der Waals surface area contributed by atoms with Crippen LogP contribution in [0.3, 0.4) is 0 Å². The number of halogens is 3. The fourth-order valence-electron chi connectivity index (χ4n) is 1.21. The molecule has 0 aliphatic rings. The summed E-state index contributed by atoms with van der Waals surface area (Å²) >= 11 is 0. The number of carbonyl (C=O) groups is 1. The van der Waals surface area contributed by atoms with E-state index < -0.39 is 18.7 Å². The quantitative estimate of drug-likeness (QED) is 0.837. The van der Waals surface area contributed by atoms with Gasteiger partial charge in [-0.3, -0.25) is 9.63 Å². The van der Waals surface area contributed by atoms with Gasteiger partial charge in [0.15, 0.2) is 6.61 Å². The number of aromatic nitrogens is 2. The van der Waals surface area contributed by atoms with Crippen molar-refractivity contribution in [2.75, 3.05) is 6.61 Å². The molecule has 0 aliphatic heterocycles. The minimum absolute atomic E-state index is 0.159. The SMILES string of the molecule is CCc1nnc(C)cc1C(=O)NOCC(F)(F)F. The standard InChI is InChI=1S/C10H12F3N3O2/c1-3-8-7(4-6(2)14-15-8)9(17)16-18-5-10(11,12)13/h4H,3,5H2,1-2H3,(H,16,17). The summed E-state index contributed by atoms with van der Waals surface area (Å²) in [7, 11) is 0. The van der Waals surface area contributed by atoms with Crippen LogP contribution in [0.2, 0.25) is 0 Å². The van der Waals surface area contributed by atoms with Crippen LogP contribution >= 0.6 is 0 Å². The Balaban J connectivity index is 2.69. The number of carbonyl (C=O) groups excluding carboxylic acids is 1. The molecule has 1 heterocycles. The molecule has 100 valence electrons. The Hall–Kier alpha value is -1.70. The van der Waals surface area contributed by atoms with Gasteiger partial charge in [-0.15, -0.1) is 0 Å². The molecule has 0 bridgehead atoms. The third-order valence-electron chi connectivity index (χ3n) is 1.97. The van der Waals surface area contributed by atoms with E-state index in [1.807, 2.05) is 0 Å². The highest BCUT2D eigenvalue weighted by Crippen LogP contribution is 2.14. The van der Waals surface area contributed by atoms with Gasteiger partial charge in [-0.25, -0.2) is 5.48 Å². The van der Waals surface area contributed by atoms with Gasteiger partial charge in [0.05, 0.1) is 17.0 Å². The van der Waals surface area contributed by atoms with E-state index in [0.29, 0.717) is 17.8 Å². The smallest absolute Gasteiger partial charge is 0.267 e. The number of hydrogen-bond donors (Lipinski definition) is 1. The molecule has 18 heavy (non-hydrogen) atoms. The molecule has 0 spiro atoms. The number of aryl methyl sites for hydroxylation is 2. The molecular weight excluding hydrogens is 251 g/mol. The molecule has 1 aromatic rings. The number of hydroxylamine groups is 1. The first-order valence-electron chi connectivity index (χ1n) is 5.15. The lowest BCUT2D eigenvalue weighted by Gasteiger charge is -2.10. The van der Waals surface area contributed by atoms with Gasteiger partial charge in [-0.1, -0.05) is 6.92 Å². The first-order chi connectivity index (χ1) is 8.33. The number of rotatable bonds is 4. The molecule has 0 aromatic carbocycles. The molecule has 1 amide bonds. The number of nitrogens with zero attached hydrogens (tertiary/aromatic N) is 2. The second kappa shape index (κ2) is 5.76. The third kappa shape index (κ3) is 4.28. The Morgan fingerprint density at radius 3 is 2.67 bits per heavy atom. The highest BCUT2D eigenvalue weighted by Gasteiger charge is 2.28. The number of hydrogen-bond acceptors (Lipinski definition) is 4. The first-order valence-corrected chi connectivity index (χ1v) is 5.15. The summed E-state index contributed by atoms with van der Waals surface area (Å²) in [6.07, 6.45) is -4.05. The molecule has 0 radical (unpaired) electrons. The second-order valence-corrected chi connectivity index (χ2v) is 3.53. The van der Waals surface area contributed by atoms with E-state index in [9.17, 15) is 18.0 Å². The van der Waals surface area contributed by atoms with Gasteiger partial charge in [0.25, 0.3) is 5.91 Å². The molecule has 0 saturated heterocycles. The number of alkyl halides is 3. The van der Waals surface area contributed by atoms with Crippen LogP contribution in [0, 0.1) is 6.92 Å². The van der Waals surface area contributed by atoms with Gasteiger partial charge in [0.2, 0.25) is 0 Å². The van der Waals surface area contributed by atoms with E-state index in [0.717, 1.165) is 0 Å². The van der Waals surface area contributed by atoms with Crippen molar-refractivity contribution in [1.29, 1.82) is 0 Å². The summed E-state index contributed by atoms with van der Waals surface area (Å²) < 4.78 is 35.5. The molecule has 5 nitrogen and oxygen atoms in total. The van der Waals surface area contributed by atoms with Crippen LogP contribution in [0.25, 0.3) is 0 Å². The maximum Gasteiger partial charge on any atom is 0.414 e. The fraction of sp³-hybridized carbons (Fsp3) is 0.500. The fourth-order valence-corrected chi connectivity index (χ4v) is 1.21. The summed E-state index contributed by atoms with van der Waals surface area (Å²) in [4.78, 5) is 15.7. The molecule has 0 saturated carbocycles. The van der Waals surface area contributed by atoms with E-state index in [2.05, 4.69) is 15.0 Å². The summed E-state index contributed by atoms with van der Waals surface area (Å²) in [5.74, 6) is -0.769. The van der Waals surface area contributed by atoms with E-state index in [-0.39, 0.29) is 5.56 Å². The normalized spacial score (nSPS) is 11.4. The monoisotopic (exact) mass is 263 g/mol. The average molecular weight is 263 g/mol. The maximum absolute atomic E-state index is 11.8. The summed E-state index contributed by atoms with van der Waals surface area (Å²) in [5, 5.41) is 7.55. The Kier molecular flexibility index (Phi) is 4.60. The molecule has 0 fully saturated rings. The molecule has 1 rings (SSSR count). The second-order valence-electron chi connectivity index (χ2n) is 3.53. The van der Waals surface area contributed by atoms with Crippen molar-refractivity contribution in [3.05, 3.63) is 23.0 Å². The first kappa shape index (κ1) is 14.4. The predicted octanol–water partition coefficient (Wildman–Crippen LogP) is 1.57. The number of amides is 1. The summed E-state index contributed by atoms with van der Waals surface area (Å²) in [6, 6.07) is 1.44. The molecule has 1 aromatic heterocycles. The summed E-state index contributed by atoms with van der Waals surface area (Å²) in [6.45, 7) is 1.84. The van der Waals surface area contributed by atoms with Crippen molar-refractivity contribution in [1.82, 2.24) is 15.7 Å². The largest absolute Gasteiger partial charge is 0.414 e. The Morgan fingerprint density at radius 1 is 1.44 bits per heavy atom. The molecule has 0 aliphatic carbocycles. The van der Waals surface area contributed by atoms with Crippen LogP contribution in [0.4, 0.5) is 13.2 Å².